The van der Waals surface area contributed by atoms with Crippen LogP contribution in [0.2, 0.25) is 0 Å². The van der Waals surface area contributed by atoms with Crippen LogP contribution in [0.1, 0.15) is 87.9 Å². The smallest absolute Gasteiger partial charge is 0.251 e. The fraction of sp³-hybridized carbons (Fsp3) is 0.500. The first kappa shape index (κ1) is 33.9. The zero-order valence-corrected chi connectivity index (χ0v) is 24.4. The molecule has 0 unspecified atom stereocenters. The highest BCUT2D eigenvalue weighted by Crippen LogP contribution is 2.21. The Kier molecular flexibility index (Phi) is 16.5. The first-order chi connectivity index (χ1) is 18.7. The van der Waals surface area contributed by atoms with Crippen molar-refractivity contribution in [1.82, 2.24) is 5.32 Å². The van der Waals surface area contributed by atoms with E-state index in [9.17, 15) is 19.2 Å². The lowest BCUT2D eigenvalue weighted by Crippen LogP contribution is -2.42. The Morgan fingerprint density at radius 3 is 1.49 bits per heavy atom. The molecule has 0 radical (unpaired) electrons. The van der Waals surface area contributed by atoms with Crippen LogP contribution in [0.25, 0.3) is 11.1 Å². The van der Waals surface area contributed by atoms with Gasteiger partial charge in [0.05, 0.1) is 32.5 Å². The highest BCUT2D eigenvalue weighted by Gasteiger charge is 2.16. The number of amides is 1. The minimum Gasteiger partial charge on any atom is -0.379 e. The largest absolute Gasteiger partial charge is 0.379 e. The van der Waals surface area contributed by atoms with Crippen LogP contribution in [0.5, 0.6) is 0 Å². The van der Waals surface area contributed by atoms with Gasteiger partial charge in [0.25, 0.3) is 5.91 Å². The first-order valence-electron chi connectivity index (χ1n) is 14.0. The third kappa shape index (κ3) is 12.5. The van der Waals surface area contributed by atoms with E-state index in [1.807, 2.05) is 77.9 Å². The summed E-state index contributed by atoms with van der Waals surface area (Å²) in [6.07, 6.45) is 1.59. The number of hydrogen-bond acceptors (Lipinski definition) is 6. The zero-order valence-electron chi connectivity index (χ0n) is 24.4. The molecule has 0 aliphatic heterocycles. The molecule has 0 aliphatic rings. The molecule has 0 bridgehead atoms. The third-order valence-corrected chi connectivity index (χ3v) is 5.99. The number of Topliss-reactive ketones (excluding diaryl/α,β-unsaturated/α-hetero) is 3. The van der Waals surface area contributed by atoms with Crippen molar-refractivity contribution in [2.45, 2.75) is 73.3 Å². The molecule has 0 heterocycles. The predicted molar refractivity (Wildman–Crippen MR) is 155 cm³/mol. The Balaban J connectivity index is 0.00000371. The Labute approximate surface area is 233 Å². The number of benzene rings is 2. The van der Waals surface area contributed by atoms with Crippen LogP contribution in [-0.2, 0) is 19.1 Å². The molecule has 0 spiro atoms. The summed E-state index contributed by atoms with van der Waals surface area (Å²) in [5, 5.41) is 2.93. The maximum Gasteiger partial charge on any atom is 0.251 e. The van der Waals surface area contributed by atoms with Crippen LogP contribution in [0.15, 0.2) is 48.5 Å². The van der Waals surface area contributed by atoms with E-state index in [0.29, 0.717) is 36.8 Å². The Hall–Kier alpha value is -3.16. The summed E-state index contributed by atoms with van der Waals surface area (Å²) in [5.41, 5.74) is 3.06. The molecule has 0 fully saturated rings. The summed E-state index contributed by atoms with van der Waals surface area (Å²) < 4.78 is 11.2. The molecule has 2 aromatic carbocycles. The number of carbonyl (C=O) groups excluding carboxylic acids is 4. The fourth-order valence-corrected chi connectivity index (χ4v) is 3.55. The summed E-state index contributed by atoms with van der Waals surface area (Å²) in [7, 11) is 0. The predicted octanol–water partition coefficient (Wildman–Crippen LogP) is 6.09. The number of nitrogens with one attached hydrogen (secondary N) is 1. The molecule has 2 aromatic rings. The number of rotatable bonds is 17. The number of ether oxygens (including phenoxy) is 2. The van der Waals surface area contributed by atoms with E-state index in [4.69, 9.17) is 9.47 Å². The number of ketones is 3. The molecule has 0 saturated carbocycles. The third-order valence-electron chi connectivity index (χ3n) is 5.99. The van der Waals surface area contributed by atoms with E-state index in [2.05, 4.69) is 5.32 Å². The van der Waals surface area contributed by atoms with E-state index in [-0.39, 0.29) is 55.6 Å². The van der Waals surface area contributed by atoms with Crippen molar-refractivity contribution < 1.29 is 28.7 Å². The number of carbonyl (C=O) groups is 4. The van der Waals surface area contributed by atoms with Crippen molar-refractivity contribution in [2.24, 2.45) is 5.92 Å². The molecule has 7 nitrogen and oxygen atoms in total. The molecular weight excluding hydrogens is 494 g/mol. The van der Waals surface area contributed by atoms with Gasteiger partial charge in [-0.15, -0.1) is 0 Å². The molecule has 1 N–H and O–H groups in total. The second kappa shape index (κ2) is 19.0. The van der Waals surface area contributed by atoms with Gasteiger partial charge in [-0.25, -0.2) is 0 Å². The van der Waals surface area contributed by atoms with Crippen molar-refractivity contribution in [3.63, 3.8) is 0 Å². The molecule has 0 aliphatic carbocycles. The van der Waals surface area contributed by atoms with Crippen molar-refractivity contribution >= 4 is 23.3 Å². The lowest BCUT2D eigenvalue weighted by atomic mass is 9.97. The lowest BCUT2D eigenvalue weighted by molar-refractivity contribution is -0.120. The van der Waals surface area contributed by atoms with Gasteiger partial charge in [0.1, 0.15) is 11.6 Å². The van der Waals surface area contributed by atoms with Crippen molar-refractivity contribution in [2.75, 3.05) is 26.4 Å². The van der Waals surface area contributed by atoms with E-state index >= 15 is 0 Å². The van der Waals surface area contributed by atoms with Gasteiger partial charge < -0.3 is 14.8 Å². The molecule has 0 aromatic heterocycles. The van der Waals surface area contributed by atoms with Crippen LogP contribution in [0.4, 0.5) is 0 Å². The standard InChI is InChI=1S/C30H39NO6.C2H6/c1-5-27(32)15-17-36-19-26(20-37-18-16-28(33)6-2)31-30(35)25-13-9-23(10-14-25)22-7-11-24(12-8-22)29(34)21(3)4;1-2/h7-14,21,26H,5-6,15-20H2,1-4H3,(H,31,35);1-2H3. The van der Waals surface area contributed by atoms with Gasteiger partial charge in [-0.3, -0.25) is 19.2 Å². The highest BCUT2D eigenvalue weighted by molar-refractivity contribution is 5.98. The number of hydrogen-bond donors (Lipinski definition) is 1. The maximum atomic E-state index is 12.9. The van der Waals surface area contributed by atoms with Crippen molar-refractivity contribution in [1.29, 1.82) is 0 Å². The average Bonchev–Trinajstić information content (AvgIpc) is 2.97. The fourth-order valence-electron chi connectivity index (χ4n) is 3.55. The van der Waals surface area contributed by atoms with E-state index in [1.54, 1.807) is 12.1 Å². The first-order valence-corrected chi connectivity index (χ1v) is 14.0. The molecule has 1 amide bonds. The van der Waals surface area contributed by atoms with Gasteiger partial charge in [-0.2, -0.15) is 0 Å². The molecule has 214 valence electrons. The summed E-state index contributed by atoms with van der Waals surface area (Å²) >= 11 is 0. The minimum atomic E-state index is -0.424. The van der Waals surface area contributed by atoms with Crippen LogP contribution in [0, 0.1) is 5.92 Å². The van der Waals surface area contributed by atoms with Crippen LogP contribution >= 0.6 is 0 Å². The van der Waals surface area contributed by atoms with E-state index in [1.165, 1.54) is 0 Å². The van der Waals surface area contributed by atoms with Gasteiger partial charge >= 0.3 is 0 Å². The monoisotopic (exact) mass is 539 g/mol. The van der Waals surface area contributed by atoms with Gasteiger partial charge in [-0.1, -0.05) is 77.9 Å². The summed E-state index contributed by atoms with van der Waals surface area (Å²) in [5.74, 6) is 0.0270. The van der Waals surface area contributed by atoms with E-state index in [0.717, 1.165) is 11.1 Å². The zero-order chi connectivity index (χ0) is 29.2. The van der Waals surface area contributed by atoms with Crippen molar-refractivity contribution in [3.05, 3.63) is 59.7 Å². The second-order valence-electron chi connectivity index (χ2n) is 9.28. The molecule has 0 atom stereocenters. The minimum absolute atomic E-state index is 0.0547. The summed E-state index contributed by atoms with van der Waals surface area (Å²) in [6, 6.07) is 14.3. The van der Waals surface area contributed by atoms with Gasteiger partial charge in [-0.05, 0) is 23.3 Å². The Morgan fingerprint density at radius 1 is 0.692 bits per heavy atom. The second-order valence-corrected chi connectivity index (χ2v) is 9.28. The molecule has 39 heavy (non-hydrogen) atoms. The van der Waals surface area contributed by atoms with Gasteiger partial charge in [0, 0.05) is 42.7 Å². The topological polar surface area (TPSA) is 98.8 Å². The van der Waals surface area contributed by atoms with Crippen LogP contribution in [-0.4, -0.2) is 55.7 Å². The molecule has 7 heteroatoms. The van der Waals surface area contributed by atoms with Crippen LogP contribution < -0.4 is 5.32 Å². The van der Waals surface area contributed by atoms with Crippen molar-refractivity contribution in [3.8, 4) is 11.1 Å². The highest BCUT2D eigenvalue weighted by atomic mass is 16.5. The Bertz CT molecular complexity index is 1000. The summed E-state index contributed by atoms with van der Waals surface area (Å²) in [6.45, 7) is 12.3. The molecule has 0 saturated heterocycles. The quantitative estimate of drug-likeness (QED) is 0.193. The summed E-state index contributed by atoms with van der Waals surface area (Å²) in [4.78, 5) is 48.1. The van der Waals surface area contributed by atoms with Crippen LogP contribution in [0.3, 0.4) is 0 Å². The lowest BCUT2D eigenvalue weighted by Gasteiger charge is -2.19. The molecular formula is C32H45NO6. The normalized spacial score (nSPS) is 10.7. The molecule has 2 rings (SSSR count). The van der Waals surface area contributed by atoms with Gasteiger partial charge in [0.15, 0.2) is 5.78 Å². The SMILES string of the molecule is CC.CCC(=O)CCOCC(COCCC(=O)CC)NC(=O)c1ccc(-c2ccc(C(=O)C(C)C)cc2)cc1. The maximum absolute atomic E-state index is 12.9. The van der Waals surface area contributed by atoms with Gasteiger partial charge in [0.2, 0.25) is 0 Å². The average molecular weight is 540 g/mol. The Morgan fingerprint density at radius 2 is 1.10 bits per heavy atom. The van der Waals surface area contributed by atoms with E-state index < -0.39 is 6.04 Å².